The maximum Gasteiger partial charge on any atom is 0.314 e. The third-order valence-electron chi connectivity index (χ3n) is 4.90. The van der Waals surface area contributed by atoms with E-state index in [1.54, 1.807) is 24.7 Å². The average molecular weight is 414 g/mol. The summed E-state index contributed by atoms with van der Waals surface area (Å²) in [4.78, 5) is 9.81. The molecule has 12 heteroatoms. The van der Waals surface area contributed by atoms with Gasteiger partial charge < -0.3 is 4.42 Å². The van der Waals surface area contributed by atoms with Gasteiger partial charge in [0.1, 0.15) is 5.82 Å². The number of alkyl halides is 2. The van der Waals surface area contributed by atoms with Crippen LogP contribution in [0.4, 0.5) is 13.2 Å². The number of hydrogen-bond donors (Lipinski definition) is 0. The van der Waals surface area contributed by atoms with Crippen molar-refractivity contribution in [3.05, 3.63) is 65.6 Å². The Morgan fingerprint density at radius 2 is 2.00 bits per heavy atom. The first-order valence-electron chi connectivity index (χ1n) is 9.00. The van der Waals surface area contributed by atoms with Gasteiger partial charge in [-0.3, -0.25) is 9.97 Å². The van der Waals surface area contributed by atoms with Gasteiger partial charge in [-0.2, -0.15) is 13.6 Å². The fraction of sp³-hybridized carbons (Fsp3) is 0.278. The molecule has 152 valence electrons. The van der Waals surface area contributed by atoms with Crippen LogP contribution in [-0.2, 0) is 12.0 Å². The standard InChI is InChI=1S/C18H13F3N8O/c19-12-7-10(1-2-11(12)15-24-25-16(30-15)14(20)21)9-29-27-17(26-28-29)18(3-4-18)13-8-22-5-6-23-13/h1-2,5-8,14H,3-4,9H2. The highest BCUT2D eigenvalue weighted by atomic mass is 19.3. The molecule has 0 unspecified atom stereocenters. The van der Waals surface area contributed by atoms with Gasteiger partial charge in [0.15, 0.2) is 5.82 Å². The van der Waals surface area contributed by atoms with E-state index in [2.05, 4.69) is 35.6 Å². The Balaban J connectivity index is 1.35. The van der Waals surface area contributed by atoms with E-state index >= 15 is 0 Å². The second-order valence-electron chi connectivity index (χ2n) is 6.88. The van der Waals surface area contributed by atoms with Crippen molar-refractivity contribution >= 4 is 0 Å². The molecule has 1 fully saturated rings. The molecule has 4 aromatic rings. The van der Waals surface area contributed by atoms with Crippen molar-refractivity contribution < 1.29 is 17.6 Å². The topological polar surface area (TPSA) is 108 Å². The second-order valence-corrected chi connectivity index (χ2v) is 6.88. The molecule has 0 atom stereocenters. The van der Waals surface area contributed by atoms with Gasteiger partial charge in [0, 0.05) is 18.6 Å². The average Bonchev–Trinajstić information content (AvgIpc) is 3.17. The van der Waals surface area contributed by atoms with E-state index < -0.39 is 18.1 Å². The largest absolute Gasteiger partial charge is 0.415 e. The molecule has 0 bridgehead atoms. The van der Waals surface area contributed by atoms with Gasteiger partial charge >= 0.3 is 6.43 Å². The van der Waals surface area contributed by atoms with Crippen LogP contribution < -0.4 is 0 Å². The first kappa shape index (κ1) is 18.3. The summed E-state index contributed by atoms with van der Waals surface area (Å²) in [5, 5.41) is 19.3. The number of hydrogen-bond acceptors (Lipinski definition) is 8. The summed E-state index contributed by atoms with van der Waals surface area (Å²) in [5.74, 6) is -1.30. The molecule has 3 heterocycles. The maximum atomic E-state index is 14.5. The van der Waals surface area contributed by atoms with Gasteiger partial charge in [-0.05, 0) is 35.8 Å². The molecule has 1 aromatic carbocycles. The van der Waals surface area contributed by atoms with Gasteiger partial charge in [-0.15, -0.1) is 20.4 Å². The molecule has 0 saturated heterocycles. The Labute approximate surface area is 167 Å². The third-order valence-corrected chi connectivity index (χ3v) is 4.90. The minimum atomic E-state index is -2.92. The molecule has 0 radical (unpaired) electrons. The second kappa shape index (κ2) is 6.97. The number of nitrogens with zero attached hydrogens (tertiary/aromatic N) is 8. The van der Waals surface area contributed by atoms with Crippen LogP contribution in [0.15, 0.2) is 41.2 Å². The number of halogens is 3. The van der Waals surface area contributed by atoms with Crippen molar-refractivity contribution in [2.24, 2.45) is 0 Å². The summed E-state index contributed by atoms with van der Waals surface area (Å²) in [7, 11) is 0. The molecule has 3 aromatic heterocycles. The lowest BCUT2D eigenvalue weighted by atomic mass is 10.0. The summed E-state index contributed by atoms with van der Waals surface area (Å²) in [5.41, 5.74) is 0.910. The summed E-state index contributed by atoms with van der Waals surface area (Å²) in [6, 6.07) is 4.22. The van der Waals surface area contributed by atoms with Crippen molar-refractivity contribution in [1.82, 2.24) is 40.4 Å². The monoisotopic (exact) mass is 414 g/mol. The van der Waals surface area contributed by atoms with Crippen LogP contribution in [0.1, 0.15) is 42.2 Å². The molecule has 0 spiro atoms. The van der Waals surface area contributed by atoms with Crippen molar-refractivity contribution in [3.63, 3.8) is 0 Å². The predicted molar refractivity (Wildman–Crippen MR) is 93.6 cm³/mol. The van der Waals surface area contributed by atoms with Gasteiger partial charge in [-0.1, -0.05) is 6.07 Å². The first-order chi connectivity index (χ1) is 14.5. The van der Waals surface area contributed by atoms with Crippen LogP contribution in [0.3, 0.4) is 0 Å². The van der Waals surface area contributed by atoms with Crippen LogP contribution in [0.5, 0.6) is 0 Å². The number of tetrazole rings is 1. The van der Waals surface area contributed by atoms with Crippen molar-refractivity contribution in [1.29, 1.82) is 0 Å². The lowest BCUT2D eigenvalue weighted by molar-refractivity contribution is 0.116. The summed E-state index contributed by atoms with van der Waals surface area (Å²) < 4.78 is 44.4. The fourth-order valence-electron chi connectivity index (χ4n) is 3.19. The summed E-state index contributed by atoms with van der Waals surface area (Å²) in [6.45, 7) is 0.173. The molecule has 9 nitrogen and oxygen atoms in total. The van der Waals surface area contributed by atoms with Crippen LogP contribution in [0, 0.1) is 5.82 Å². The van der Waals surface area contributed by atoms with Crippen molar-refractivity contribution in [3.8, 4) is 11.5 Å². The van der Waals surface area contributed by atoms with E-state index in [0.717, 1.165) is 18.5 Å². The zero-order chi connectivity index (χ0) is 20.7. The highest BCUT2D eigenvalue weighted by Gasteiger charge is 2.51. The molecule has 30 heavy (non-hydrogen) atoms. The summed E-state index contributed by atoms with van der Waals surface area (Å²) in [6.07, 6.45) is 3.70. The molecule has 1 aliphatic carbocycles. The predicted octanol–water partition coefficient (Wildman–Crippen LogP) is 2.72. The molecular formula is C18H13F3N8O. The SMILES string of the molecule is Fc1cc(Cn2nnc(C3(c4cnccn4)CC3)n2)ccc1-c1nnc(C(F)F)o1. The van der Waals surface area contributed by atoms with Gasteiger partial charge in [0.2, 0.25) is 0 Å². The molecule has 1 saturated carbocycles. The highest BCUT2D eigenvalue weighted by molar-refractivity contribution is 5.54. The van der Waals surface area contributed by atoms with Gasteiger partial charge in [0.25, 0.3) is 11.8 Å². The molecule has 0 aliphatic heterocycles. The normalized spacial score (nSPS) is 14.9. The summed E-state index contributed by atoms with van der Waals surface area (Å²) >= 11 is 0. The van der Waals surface area contributed by atoms with E-state index in [0.29, 0.717) is 11.4 Å². The quantitative estimate of drug-likeness (QED) is 0.474. The van der Waals surface area contributed by atoms with E-state index in [-0.39, 0.29) is 23.4 Å². The molecule has 5 rings (SSSR count). The van der Waals surface area contributed by atoms with Crippen molar-refractivity contribution in [2.45, 2.75) is 31.2 Å². The smallest absolute Gasteiger partial charge is 0.314 e. The molecule has 0 amide bonds. The Morgan fingerprint density at radius 3 is 2.67 bits per heavy atom. The Hall–Kier alpha value is -3.70. The van der Waals surface area contributed by atoms with E-state index in [1.165, 1.54) is 16.9 Å². The van der Waals surface area contributed by atoms with Crippen LogP contribution in [-0.4, -0.2) is 40.4 Å². The van der Waals surface area contributed by atoms with E-state index in [4.69, 9.17) is 4.42 Å². The van der Waals surface area contributed by atoms with Crippen molar-refractivity contribution in [2.75, 3.05) is 0 Å². The lowest BCUT2D eigenvalue weighted by Crippen LogP contribution is -2.14. The number of aromatic nitrogens is 8. The van der Waals surface area contributed by atoms with E-state index in [1.807, 2.05) is 0 Å². The zero-order valence-corrected chi connectivity index (χ0v) is 15.3. The Morgan fingerprint density at radius 1 is 1.13 bits per heavy atom. The minimum Gasteiger partial charge on any atom is -0.415 e. The van der Waals surface area contributed by atoms with E-state index in [9.17, 15) is 13.2 Å². The Bertz CT molecular complexity index is 1190. The highest BCUT2D eigenvalue weighted by Crippen LogP contribution is 2.50. The Kier molecular flexibility index (Phi) is 4.26. The van der Waals surface area contributed by atoms with Gasteiger partial charge in [-0.25, -0.2) is 4.39 Å². The van der Waals surface area contributed by atoms with Crippen LogP contribution in [0.2, 0.25) is 0 Å². The molecule has 1 aliphatic rings. The minimum absolute atomic E-state index is 0.0648. The molecule has 0 N–H and O–H groups in total. The van der Waals surface area contributed by atoms with Gasteiger partial charge in [0.05, 0.1) is 23.2 Å². The fourth-order valence-corrected chi connectivity index (χ4v) is 3.19. The van der Waals surface area contributed by atoms with Crippen LogP contribution >= 0.6 is 0 Å². The third kappa shape index (κ3) is 3.19. The van der Waals surface area contributed by atoms with Crippen LogP contribution in [0.25, 0.3) is 11.5 Å². The maximum absolute atomic E-state index is 14.5. The molecular weight excluding hydrogens is 401 g/mol. The zero-order valence-electron chi connectivity index (χ0n) is 15.3. The number of rotatable bonds is 6. The lowest BCUT2D eigenvalue weighted by Gasteiger charge is -2.08. The first-order valence-corrected chi connectivity index (χ1v) is 9.00. The number of benzene rings is 1.